The molecular formula is C23H30N4OS. The first-order valence-electron chi connectivity index (χ1n) is 10.5. The molecule has 0 aliphatic carbocycles. The summed E-state index contributed by atoms with van der Waals surface area (Å²) in [5.41, 5.74) is 3.58. The molecule has 1 unspecified atom stereocenters. The van der Waals surface area contributed by atoms with Crippen LogP contribution in [-0.4, -0.2) is 65.2 Å². The predicted octanol–water partition coefficient (Wildman–Crippen LogP) is 2.87. The van der Waals surface area contributed by atoms with E-state index in [-0.39, 0.29) is 17.3 Å². The molecule has 2 saturated heterocycles. The topological polar surface area (TPSA) is 48.5 Å². The van der Waals surface area contributed by atoms with Crippen LogP contribution in [0.15, 0.2) is 48.7 Å². The van der Waals surface area contributed by atoms with Crippen LogP contribution in [0.3, 0.4) is 0 Å². The average molecular weight is 411 g/mol. The van der Waals surface area contributed by atoms with E-state index in [1.807, 2.05) is 24.1 Å². The number of amides is 1. The summed E-state index contributed by atoms with van der Waals surface area (Å²) in [6.45, 7) is 6.73. The minimum Gasteiger partial charge on any atom is -0.339 e. The maximum Gasteiger partial charge on any atom is 0.240 e. The van der Waals surface area contributed by atoms with Crippen LogP contribution in [0.1, 0.15) is 28.6 Å². The Morgan fingerprint density at radius 2 is 1.93 bits per heavy atom. The number of aromatic nitrogens is 1. The number of hydrogen-bond acceptors (Lipinski definition) is 5. The van der Waals surface area contributed by atoms with Crippen molar-refractivity contribution < 1.29 is 4.79 Å². The molecule has 0 saturated carbocycles. The fourth-order valence-corrected chi connectivity index (χ4v) is 5.22. The van der Waals surface area contributed by atoms with Crippen molar-refractivity contribution in [1.29, 1.82) is 0 Å². The molecule has 1 aromatic carbocycles. The summed E-state index contributed by atoms with van der Waals surface area (Å²) in [6.07, 6.45) is 4.21. The number of benzene rings is 1. The lowest BCUT2D eigenvalue weighted by atomic mass is 10.1. The first kappa shape index (κ1) is 20.4. The van der Waals surface area contributed by atoms with Gasteiger partial charge in [0, 0.05) is 43.8 Å². The van der Waals surface area contributed by atoms with Crippen molar-refractivity contribution in [3.8, 4) is 0 Å². The van der Waals surface area contributed by atoms with E-state index in [1.54, 1.807) is 11.8 Å². The Morgan fingerprint density at radius 3 is 2.66 bits per heavy atom. The molecule has 29 heavy (non-hydrogen) atoms. The van der Waals surface area contributed by atoms with E-state index in [4.69, 9.17) is 0 Å². The van der Waals surface area contributed by atoms with Crippen LogP contribution in [0.4, 0.5) is 0 Å². The third-order valence-corrected chi connectivity index (χ3v) is 7.05. The molecule has 0 spiro atoms. The molecule has 4 rings (SSSR count). The summed E-state index contributed by atoms with van der Waals surface area (Å²) in [7, 11) is 0. The second-order valence-corrected chi connectivity index (χ2v) is 9.06. The summed E-state index contributed by atoms with van der Waals surface area (Å²) >= 11 is 1.80. The molecule has 2 aromatic rings. The van der Waals surface area contributed by atoms with Crippen molar-refractivity contribution in [3.05, 3.63) is 65.5 Å². The van der Waals surface area contributed by atoms with E-state index in [0.717, 1.165) is 56.2 Å². The van der Waals surface area contributed by atoms with Gasteiger partial charge >= 0.3 is 0 Å². The maximum absolute atomic E-state index is 13.0. The van der Waals surface area contributed by atoms with E-state index < -0.39 is 0 Å². The molecule has 5 nitrogen and oxygen atoms in total. The third-order valence-electron chi connectivity index (χ3n) is 5.78. The maximum atomic E-state index is 13.0. The first-order valence-corrected chi connectivity index (χ1v) is 11.6. The molecule has 2 atom stereocenters. The van der Waals surface area contributed by atoms with Gasteiger partial charge in [-0.05, 0) is 43.5 Å². The van der Waals surface area contributed by atoms with Gasteiger partial charge < -0.3 is 4.90 Å². The van der Waals surface area contributed by atoms with Crippen LogP contribution in [-0.2, 0) is 11.2 Å². The van der Waals surface area contributed by atoms with Gasteiger partial charge in [0.1, 0.15) is 0 Å². The van der Waals surface area contributed by atoms with Crippen molar-refractivity contribution in [1.82, 2.24) is 20.1 Å². The lowest BCUT2D eigenvalue weighted by molar-refractivity contribution is -0.134. The number of piperazine rings is 1. The Balaban J connectivity index is 1.19. The van der Waals surface area contributed by atoms with Gasteiger partial charge in [0.05, 0.1) is 11.4 Å². The number of thioether (sulfide) groups is 1. The van der Waals surface area contributed by atoms with Crippen LogP contribution in [0.2, 0.25) is 0 Å². The van der Waals surface area contributed by atoms with Crippen LogP contribution in [0, 0.1) is 6.92 Å². The van der Waals surface area contributed by atoms with Gasteiger partial charge in [0.15, 0.2) is 0 Å². The number of carbonyl (C=O) groups is 1. The van der Waals surface area contributed by atoms with Crippen molar-refractivity contribution in [2.75, 3.05) is 38.5 Å². The zero-order valence-electron chi connectivity index (χ0n) is 17.1. The van der Waals surface area contributed by atoms with Gasteiger partial charge in [-0.1, -0.05) is 36.4 Å². The van der Waals surface area contributed by atoms with E-state index in [2.05, 4.69) is 51.6 Å². The van der Waals surface area contributed by atoms with E-state index in [1.165, 1.54) is 12.0 Å². The molecule has 0 bridgehead atoms. The number of carbonyl (C=O) groups excluding carboxylic acids is 1. The molecule has 2 aliphatic rings. The SMILES string of the molecule is Cc1ccc(C2N[C@H](C(=O)N3CCN(CCCc4ccccc4)CC3)CS2)cn1. The van der Waals surface area contributed by atoms with Gasteiger partial charge in [0.2, 0.25) is 5.91 Å². The van der Waals surface area contributed by atoms with Gasteiger partial charge in [-0.3, -0.25) is 20.0 Å². The van der Waals surface area contributed by atoms with Crippen molar-refractivity contribution >= 4 is 17.7 Å². The monoisotopic (exact) mass is 410 g/mol. The van der Waals surface area contributed by atoms with Gasteiger partial charge in [0.25, 0.3) is 0 Å². The number of rotatable bonds is 6. The quantitative estimate of drug-likeness (QED) is 0.794. The molecule has 3 heterocycles. The van der Waals surface area contributed by atoms with E-state index in [9.17, 15) is 4.79 Å². The lowest BCUT2D eigenvalue weighted by Gasteiger charge is -2.36. The molecule has 1 aromatic heterocycles. The molecule has 1 amide bonds. The highest BCUT2D eigenvalue weighted by Gasteiger charge is 2.34. The first-order chi connectivity index (χ1) is 14.2. The van der Waals surface area contributed by atoms with Crippen LogP contribution in [0.5, 0.6) is 0 Å². The highest BCUT2D eigenvalue weighted by molar-refractivity contribution is 7.99. The highest BCUT2D eigenvalue weighted by Crippen LogP contribution is 2.33. The largest absolute Gasteiger partial charge is 0.339 e. The molecule has 0 radical (unpaired) electrons. The Morgan fingerprint density at radius 1 is 1.14 bits per heavy atom. The number of hydrogen-bond donors (Lipinski definition) is 1. The number of aryl methyl sites for hydroxylation is 2. The Labute approximate surface area is 177 Å². The zero-order chi connectivity index (χ0) is 20.1. The Hall–Kier alpha value is -1.89. The minimum atomic E-state index is -0.0871. The van der Waals surface area contributed by atoms with Crippen molar-refractivity contribution in [2.45, 2.75) is 31.2 Å². The molecule has 154 valence electrons. The summed E-state index contributed by atoms with van der Waals surface area (Å²) in [4.78, 5) is 21.9. The predicted molar refractivity (Wildman–Crippen MR) is 119 cm³/mol. The number of nitrogens with one attached hydrogen (secondary N) is 1. The van der Waals surface area contributed by atoms with Crippen LogP contribution >= 0.6 is 11.8 Å². The van der Waals surface area contributed by atoms with Crippen molar-refractivity contribution in [3.63, 3.8) is 0 Å². The molecule has 2 fully saturated rings. The summed E-state index contributed by atoms with van der Waals surface area (Å²) < 4.78 is 0. The summed E-state index contributed by atoms with van der Waals surface area (Å²) in [5, 5.41) is 3.67. The highest BCUT2D eigenvalue weighted by atomic mass is 32.2. The molecule has 2 aliphatic heterocycles. The van der Waals surface area contributed by atoms with E-state index >= 15 is 0 Å². The standard InChI is InChI=1S/C23H30N4OS/c1-18-9-10-20(16-24-18)22-25-21(17-29-22)23(28)27-14-12-26(13-15-27)11-5-8-19-6-3-2-4-7-19/h2-4,6-7,9-10,16,21-22,25H,5,8,11-15,17H2,1H3/t21-,22?/m0/s1. The second kappa shape index (κ2) is 9.74. The molecule has 6 heteroatoms. The zero-order valence-corrected chi connectivity index (χ0v) is 17.9. The van der Waals surface area contributed by atoms with Gasteiger partial charge in [-0.2, -0.15) is 0 Å². The smallest absolute Gasteiger partial charge is 0.240 e. The fourth-order valence-electron chi connectivity index (χ4n) is 4.00. The molecule has 1 N–H and O–H groups in total. The van der Waals surface area contributed by atoms with Gasteiger partial charge in [-0.25, -0.2) is 0 Å². The number of nitrogens with zero attached hydrogens (tertiary/aromatic N) is 3. The molecular weight excluding hydrogens is 380 g/mol. The Kier molecular flexibility index (Phi) is 6.85. The minimum absolute atomic E-state index is 0.0871. The Bertz CT molecular complexity index is 790. The number of pyridine rings is 1. The second-order valence-electron chi connectivity index (χ2n) is 7.92. The fraction of sp³-hybridized carbons (Fsp3) is 0.478. The van der Waals surface area contributed by atoms with E-state index in [0.29, 0.717) is 0 Å². The normalized spacial score (nSPS) is 22.7. The third kappa shape index (κ3) is 5.38. The average Bonchev–Trinajstić information content (AvgIpc) is 3.25. The van der Waals surface area contributed by atoms with Crippen LogP contribution < -0.4 is 5.32 Å². The van der Waals surface area contributed by atoms with Gasteiger partial charge in [-0.15, -0.1) is 11.8 Å². The van der Waals surface area contributed by atoms with Crippen molar-refractivity contribution in [2.24, 2.45) is 0 Å². The summed E-state index contributed by atoms with van der Waals surface area (Å²) in [5.74, 6) is 1.08. The lowest BCUT2D eigenvalue weighted by Crippen LogP contribution is -2.53. The summed E-state index contributed by atoms with van der Waals surface area (Å²) in [6, 6.07) is 14.7. The van der Waals surface area contributed by atoms with Crippen LogP contribution in [0.25, 0.3) is 0 Å².